The van der Waals surface area contributed by atoms with Gasteiger partial charge in [-0.2, -0.15) is 0 Å². The van der Waals surface area contributed by atoms with Crippen molar-refractivity contribution in [3.05, 3.63) is 64.7 Å². The van der Waals surface area contributed by atoms with Gasteiger partial charge >= 0.3 is 0 Å². The number of amides is 1. The molecule has 1 amide bonds. The molecule has 0 saturated carbocycles. The Bertz CT molecular complexity index is 850. The zero-order valence-corrected chi connectivity index (χ0v) is 17.3. The first-order valence-electron chi connectivity index (χ1n) is 9.84. The number of guanidine groups is 1. The van der Waals surface area contributed by atoms with Crippen molar-refractivity contribution >= 4 is 29.2 Å². The number of rotatable bonds is 7. The Labute approximate surface area is 176 Å². The molecule has 3 N–H and O–H groups in total. The van der Waals surface area contributed by atoms with Crippen LogP contribution in [-0.2, 0) is 22.5 Å². The van der Waals surface area contributed by atoms with E-state index in [0.29, 0.717) is 13.2 Å². The Hall–Kier alpha value is -2.57. The first kappa shape index (κ1) is 21.1. The van der Waals surface area contributed by atoms with Gasteiger partial charge in [-0.05, 0) is 54.7 Å². The molecule has 0 bridgehead atoms. The standard InChI is InChI=1S/C22H27ClN4O2/c1-24-22(25-11-10-16-5-2-7-18(23)13-16)26-15-17-6-3-8-19(14-17)27-21(28)20-9-4-12-29-20/h2-3,5-8,13-14,20H,4,9-12,15H2,1H3,(H,27,28)(H2,24,25,26). The largest absolute Gasteiger partial charge is 0.368 e. The lowest BCUT2D eigenvalue weighted by Gasteiger charge is -2.14. The van der Waals surface area contributed by atoms with Gasteiger partial charge in [0.05, 0.1) is 0 Å². The van der Waals surface area contributed by atoms with E-state index in [1.165, 1.54) is 5.56 Å². The van der Waals surface area contributed by atoms with Gasteiger partial charge in [0.25, 0.3) is 5.91 Å². The SMILES string of the molecule is CN=C(NCCc1cccc(Cl)c1)NCc1cccc(NC(=O)C2CCCO2)c1. The van der Waals surface area contributed by atoms with Gasteiger partial charge in [0.15, 0.2) is 5.96 Å². The molecule has 0 spiro atoms. The zero-order valence-electron chi connectivity index (χ0n) is 16.6. The highest BCUT2D eigenvalue weighted by atomic mass is 35.5. The number of carbonyl (C=O) groups excluding carboxylic acids is 1. The summed E-state index contributed by atoms with van der Waals surface area (Å²) < 4.78 is 5.43. The van der Waals surface area contributed by atoms with Crippen molar-refractivity contribution in [1.82, 2.24) is 10.6 Å². The Kier molecular flexibility index (Phi) is 7.90. The highest BCUT2D eigenvalue weighted by molar-refractivity contribution is 6.30. The van der Waals surface area contributed by atoms with Crippen LogP contribution in [0.1, 0.15) is 24.0 Å². The molecular weight excluding hydrogens is 388 g/mol. The molecule has 1 saturated heterocycles. The van der Waals surface area contributed by atoms with E-state index in [4.69, 9.17) is 16.3 Å². The molecule has 3 rings (SSSR count). The summed E-state index contributed by atoms with van der Waals surface area (Å²) in [5, 5.41) is 10.3. The predicted octanol–water partition coefficient (Wildman–Crippen LogP) is 3.37. The van der Waals surface area contributed by atoms with Crippen LogP contribution in [0.25, 0.3) is 0 Å². The van der Waals surface area contributed by atoms with Crippen LogP contribution in [-0.4, -0.2) is 38.2 Å². The van der Waals surface area contributed by atoms with Crippen molar-refractivity contribution in [2.24, 2.45) is 4.99 Å². The molecule has 154 valence electrons. The zero-order chi connectivity index (χ0) is 20.5. The second-order valence-corrected chi connectivity index (χ2v) is 7.36. The number of benzene rings is 2. The normalized spacial score (nSPS) is 16.5. The van der Waals surface area contributed by atoms with E-state index in [2.05, 4.69) is 27.0 Å². The average molecular weight is 415 g/mol. The van der Waals surface area contributed by atoms with Gasteiger partial charge in [0.2, 0.25) is 0 Å². The van der Waals surface area contributed by atoms with Crippen LogP contribution in [0.3, 0.4) is 0 Å². The molecule has 0 aromatic heterocycles. The predicted molar refractivity (Wildman–Crippen MR) is 117 cm³/mol. The van der Waals surface area contributed by atoms with Crippen molar-refractivity contribution < 1.29 is 9.53 Å². The van der Waals surface area contributed by atoms with Crippen LogP contribution in [0, 0.1) is 0 Å². The molecule has 29 heavy (non-hydrogen) atoms. The Morgan fingerprint density at radius 2 is 2.00 bits per heavy atom. The van der Waals surface area contributed by atoms with E-state index in [0.717, 1.165) is 48.0 Å². The molecule has 1 heterocycles. The summed E-state index contributed by atoms with van der Waals surface area (Å²) in [7, 11) is 1.74. The van der Waals surface area contributed by atoms with Gasteiger partial charge < -0.3 is 20.7 Å². The molecule has 1 aliphatic heterocycles. The number of nitrogens with one attached hydrogen (secondary N) is 3. The average Bonchev–Trinajstić information content (AvgIpc) is 3.26. The van der Waals surface area contributed by atoms with Gasteiger partial charge in [-0.15, -0.1) is 0 Å². The fourth-order valence-corrected chi connectivity index (χ4v) is 3.40. The number of ether oxygens (including phenoxy) is 1. The highest BCUT2D eigenvalue weighted by Crippen LogP contribution is 2.16. The first-order valence-corrected chi connectivity index (χ1v) is 10.2. The van der Waals surface area contributed by atoms with Crippen molar-refractivity contribution in [3.63, 3.8) is 0 Å². The van der Waals surface area contributed by atoms with E-state index < -0.39 is 0 Å². The summed E-state index contributed by atoms with van der Waals surface area (Å²) in [4.78, 5) is 16.5. The Morgan fingerprint density at radius 3 is 2.76 bits per heavy atom. The van der Waals surface area contributed by atoms with E-state index in [-0.39, 0.29) is 12.0 Å². The van der Waals surface area contributed by atoms with Crippen LogP contribution in [0.4, 0.5) is 5.69 Å². The van der Waals surface area contributed by atoms with E-state index in [9.17, 15) is 4.79 Å². The number of carbonyl (C=O) groups is 1. The van der Waals surface area contributed by atoms with Crippen LogP contribution >= 0.6 is 11.6 Å². The van der Waals surface area contributed by atoms with E-state index in [1.54, 1.807) is 7.05 Å². The first-order chi connectivity index (χ1) is 14.1. The fourth-order valence-electron chi connectivity index (χ4n) is 3.19. The minimum atomic E-state index is -0.334. The molecule has 2 aromatic rings. The fraction of sp³-hybridized carbons (Fsp3) is 0.364. The Morgan fingerprint density at radius 1 is 1.17 bits per heavy atom. The molecule has 7 heteroatoms. The topological polar surface area (TPSA) is 74.8 Å². The third kappa shape index (κ3) is 6.76. The van der Waals surface area contributed by atoms with E-state index >= 15 is 0 Å². The van der Waals surface area contributed by atoms with Crippen LogP contribution in [0.2, 0.25) is 5.02 Å². The molecule has 0 aliphatic carbocycles. The van der Waals surface area contributed by atoms with Gasteiger partial charge in [-0.25, -0.2) is 0 Å². The minimum Gasteiger partial charge on any atom is -0.368 e. The number of halogens is 1. The summed E-state index contributed by atoms with van der Waals surface area (Å²) in [5.74, 6) is 0.645. The number of anilines is 1. The molecule has 2 aromatic carbocycles. The van der Waals surface area contributed by atoms with Crippen molar-refractivity contribution in [1.29, 1.82) is 0 Å². The summed E-state index contributed by atoms with van der Waals surface area (Å²) in [6, 6.07) is 15.6. The molecule has 1 fully saturated rings. The molecular formula is C22H27ClN4O2. The molecule has 1 aliphatic rings. The lowest BCUT2D eigenvalue weighted by molar-refractivity contribution is -0.124. The summed E-state index contributed by atoms with van der Waals surface area (Å²) in [5.41, 5.74) is 3.00. The smallest absolute Gasteiger partial charge is 0.253 e. The second kappa shape index (κ2) is 10.8. The molecule has 1 atom stereocenters. The summed E-state index contributed by atoms with van der Waals surface area (Å²) >= 11 is 6.02. The maximum absolute atomic E-state index is 12.2. The van der Waals surface area contributed by atoms with Crippen LogP contribution in [0.15, 0.2) is 53.5 Å². The van der Waals surface area contributed by atoms with Crippen LogP contribution in [0.5, 0.6) is 0 Å². The van der Waals surface area contributed by atoms with Crippen LogP contribution < -0.4 is 16.0 Å². The third-order valence-corrected chi connectivity index (χ3v) is 4.93. The second-order valence-electron chi connectivity index (χ2n) is 6.92. The van der Waals surface area contributed by atoms with Gasteiger partial charge in [0.1, 0.15) is 6.10 Å². The molecule has 0 radical (unpaired) electrons. The number of hydrogen-bond donors (Lipinski definition) is 3. The van der Waals surface area contributed by atoms with Crippen molar-refractivity contribution in [2.75, 3.05) is 25.5 Å². The van der Waals surface area contributed by atoms with Gasteiger partial charge in [0, 0.05) is 37.5 Å². The Balaban J connectivity index is 1.45. The molecule has 6 nitrogen and oxygen atoms in total. The monoisotopic (exact) mass is 414 g/mol. The van der Waals surface area contributed by atoms with Crippen molar-refractivity contribution in [2.45, 2.75) is 31.9 Å². The summed E-state index contributed by atoms with van der Waals surface area (Å²) in [6.07, 6.45) is 2.24. The lowest BCUT2D eigenvalue weighted by Crippen LogP contribution is -2.37. The quantitative estimate of drug-likeness (QED) is 0.479. The maximum atomic E-state index is 12.2. The van der Waals surface area contributed by atoms with Crippen molar-refractivity contribution in [3.8, 4) is 0 Å². The van der Waals surface area contributed by atoms with Gasteiger partial charge in [-0.3, -0.25) is 9.79 Å². The maximum Gasteiger partial charge on any atom is 0.253 e. The highest BCUT2D eigenvalue weighted by Gasteiger charge is 2.23. The number of nitrogens with zero attached hydrogens (tertiary/aromatic N) is 1. The lowest BCUT2D eigenvalue weighted by atomic mass is 10.1. The molecule has 1 unspecified atom stereocenters. The van der Waals surface area contributed by atoms with E-state index in [1.807, 2.05) is 42.5 Å². The number of aliphatic imine (C=N–C) groups is 1. The third-order valence-electron chi connectivity index (χ3n) is 4.70. The minimum absolute atomic E-state index is 0.0777. The van der Waals surface area contributed by atoms with Gasteiger partial charge in [-0.1, -0.05) is 35.9 Å². The number of hydrogen-bond acceptors (Lipinski definition) is 3. The summed E-state index contributed by atoms with van der Waals surface area (Å²) in [6.45, 7) is 2.00.